The zero-order chi connectivity index (χ0) is 20.9. The van der Waals surface area contributed by atoms with Crippen molar-refractivity contribution in [1.82, 2.24) is 5.32 Å². The minimum Gasteiger partial charge on any atom is -0.495 e. The standard InChI is InChI=1S/C18H23F3N2O5/c1-27-14-10-11(17(26,15(24)28-2)18(19,20)21)8-9-13(14)23-16(25)22-12-6-4-3-5-7-12/h8-10,12,26H,3-7H2,1-2H3,(H2,22,23,25)/t17-/m1/s1. The molecule has 0 radical (unpaired) electrons. The molecule has 1 atom stereocenters. The molecule has 0 unspecified atom stereocenters. The minimum atomic E-state index is -5.32. The lowest BCUT2D eigenvalue weighted by Gasteiger charge is -2.28. The van der Waals surface area contributed by atoms with E-state index in [1.807, 2.05) is 0 Å². The Morgan fingerprint density at radius 3 is 2.32 bits per heavy atom. The molecule has 0 saturated heterocycles. The fourth-order valence-electron chi connectivity index (χ4n) is 3.16. The number of methoxy groups -OCH3 is 2. The summed E-state index contributed by atoms with van der Waals surface area (Å²) >= 11 is 0. The number of nitrogens with one attached hydrogen (secondary N) is 2. The fraction of sp³-hybridized carbons (Fsp3) is 0.556. The van der Waals surface area contributed by atoms with Crippen LogP contribution in [0.25, 0.3) is 0 Å². The molecule has 2 amide bonds. The van der Waals surface area contributed by atoms with Gasteiger partial charge in [0.05, 0.1) is 19.9 Å². The second-order valence-corrected chi connectivity index (χ2v) is 6.55. The third kappa shape index (κ3) is 4.49. The molecule has 3 N–H and O–H groups in total. The van der Waals surface area contributed by atoms with E-state index in [2.05, 4.69) is 15.4 Å². The molecule has 1 aliphatic rings. The molecule has 0 bridgehead atoms. The van der Waals surface area contributed by atoms with Crippen molar-refractivity contribution in [2.45, 2.75) is 49.9 Å². The van der Waals surface area contributed by atoms with Gasteiger partial charge in [-0.1, -0.05) is 25.3 Å². The van der Waals surface area contributed by atoms with E-state index in [4.69, 9.17) is 4.74 Å². The first-order valence-corrected chi connectivity index (χ1v) is 8.77. The van der Waals surface area contributed by atoms with Crippen LogP contribution in [0.1, 0.15) is 37.7 Å². The van der Waals surface area contributed by atoms with Gasteiger partial charge in [-0.2, -0.15) is 13.2 Å². The van der Waals surface area contributed by atoms with Gasteiger partial charge in [-0.3, -0.25) is 0 Å². The molecule has 1 fully saturated rings. The average Bonchev–Trinajstić information content (AvgIpc) is 2.66. The Morgan fingerprint density at radius 1 is 1.14 bits per heavy atom. The molecule has 156 valence electrons. The summed E-state index contributed by atoms with van der Waals surface area (Å²) in [6.07, 6.45) is -0.433. The van der Waals surface area contributed by atoms with E-state index in [1.165, 1.54) is 7.11 Å². The Balaban J connectivity index is 2.25. The molecule has 28 heavy (non-hydrogen) atoms. The Morgan fingerprint density at radius 2 is 1.79 bits per heavy atom. The molecule has 1 saturated carbocycles. The molecule has 10 heteroatoms. The SMILES string of the molecule is COC(=O)[C@](O)(c1ccc(NC(=O)NC2CCCCC2)c(OC)c1)C(F)(F)F. The van der Waals surface area contributed by atoms with Crippen LogP contribution in [0.3, 0.4) is 0 Å². The number of amides is 2. The number of esters is 1. The van der Waals surface area contributed by atoms with Crippen molar-refractivity contribution in [3.8, 4) is 5.75 Å². The van der Waals surface area contributed by atoms with Gasteiger partial charge in [0.1, 0.15) is 5.75 Å². The predicted molar refractivity (Wildman–Crippen MR) is 94.0 cm³/mol. The number of carbonyl (C=O) groups excluding carboxylic acids is 2. The maximum Gasteiger partial charge on any atom is 0.432 e. The largest absolute Gasteiger partial charge is 0.495 e. The fourth-order valence-corrected chi connectivity index (χ4v) is 3.16. The molecule has 1 aromatic carbocycles. The highest BCUT2D eigenvalue weighted by Crippen LogP contribution is 2.42. The normalized spacial score (nSPS) is 17.4. The first kappa shape index (κ1) is 21.8. The highest BCUT2D eigenvalue weighted by Gasteiger charge is 2.62. The first-order chi connectivity index (χ1) is 13.1. The quantitative estimate of drug-likeness (QED) is 0.656. The number of aliphatic hydroxyl groups is 1. The lowest BCUT2D eigenvalue weighted by atomic mass is 9.92. The van der Waals surface area contributed by atoms with E-state index >= 15 is 0 Å². The number of benzene rings is 1. The Kier molecular flexibility index (Phi) is 6.76. The minimum absolute atomic E-state index is 0.0358. The van der Waals surface area contributed by atoms with Crippen LogP contribution in [0.4, 0.5) is 23.7 Å². The number of ether oxygens (including phenoxy) is 2. The molecule has 2 rings (SSSR count). The summed E-state index contributed by atoms with van der Waals surface area (Å²) in [7, 11) is 1.93. The number of carbonyl (C=O) groups is 2. The van der Waals surface area contributed by atoms with Crippen LogP contribution in [0.5, 0.6) is 5.75 Å². The van der Waals surface area contributed by atoms with E-state index in [1.54, 1.807) is 0 Å². The van der Waals surface area contributed by atoms with Crippen LogP contribution < -0.4 is 15.4 Å². The van der Waals surface area contributed by atoms with E-state index in [0.29, 0.717) is 0 Å². The Hall–Kier alpha value is -2.49. The molecular weight excluding hydrogens is 381 g/mol. The van der Waals surface area contributed by atoms with Crippen molar-refractivity contribution in [3.63, 3.8) is 0 Å². The molecular formula is C18H23F3N2O5. The van der Waals surface area contributed by atoms with Crippen LogP contribution in [0.2, 0.25) is 0 Å². The van der Waals surface area contributed by atoms with Crippen molar-refractivity contribution in [2.24, 2.45) is 0 Å². The number of anilines is 1. The van der Waals surface area contributed by atoms with Gasteiger partial charge in [0, 0.05) is 11.6 Å². The Bertz CT molecular complexity index is 720. The summed E-state index contributed by atoms with van der Waals surface area (Å²) in [5.74, 6) is -2.03. The Labute approximate surface area is 160 Å². The van der Waals surface area contributed by atoms with E-state index in [-0.39, 0.29) is 17.5 Å². The summed E-state index contributed by atoms with van der Waals surface area (Å²) in [5, 5.41) is 15.4. The topological polar surface area (TPSA) is 96.9 Å². The zero-order valence-corrected chi connectivity index (χ0v) is 15.6. The van der Waals surface area contributed by atoms with Gasteiger partial charge < -0.3 is 25.2 Å². The number of alkyl halides is 3. The van der Waals surface area contributed by atoms with Gasteiger partial charge in [-0.15, -0.1) is 0 Å². The van der Waals surface area contributed by atoms with E-state index < -0.39 is 29.3 Å². The molecule has 0 heterocycles. The molecule has 7 nitrogen and oxygen atoms in total. The van der Waals surface area contributed by atoms with Crippen LogP contribution in [-0.4, -0.2) is 43.5 Å². The third-order valence-electron chi connectivity index (χ3n) is 4.70. The lowest BCUT2D eigenvalue weighted by molar-refractivity contribution is -0.266. The van der Waals surface area contributed by atoms with Gasteiger partial charge in [0.2, 0.25) is 0 Å². The maximum atomic E-state index is 13.4. The van der Waals surface area contributed by atoms with Gasteiger partial charge in [0.25, 0.3) is 5.60 Å². The highest BCUT2D eigenvalue weighted by molar-refractivity contribution is 5.91. The van der Waals surface area contributed by atoms with Crippen LogP contribution >= 0.6 is 0 Å². The highest BCUT2D eigenvalue weighted by atomic mass is 19.4. The van der Waals surface area contributed by atoms with Crippen molar-refractivity contribution < 1.29 is 37.3 Å². The molecule has 0 aromatic heterocycles. The van der Waals surface area contributed by atoms with Gasteiger partial charge in [-0.25, -0.2) is 9.59 Å². The van der Waals surface area contributed by atoms with Crippen LogP contribution in [-0.2, 0) is 15.1 Å². The van der Waals surface area contributed by atoms with Crippen molar-refractivity contribution in [2.75, 3.05) is 19.5 Å². The maximum absolute atomic E-state index is 13.4. The van der Waals surface area contributed by atoms with E-state index in [9.17, 15) is 27.9 Å². The van der Waals surface area contributed by atoms with Gasteiger partial charge in [-0.05, 0) is 25.0 Å². The third-order valence-corrected chi connectivity index (χ3v) is 4.70. The van der Waals surface area contributed by atoms with Crippen molar-refractivity contribution >= 4 is 17.7 Å². The molecule has 1 aliphatic carbocycles. The molecule has 1 aromatic rings. The van der Waals surface area contributed by atoms with Crippen molar-refractivity contribution in [1.29, 1.82) is 0 Å². The second-order valence-electron chi connectivity index (χ2n) is 6.55. The smallest absolute Gasteiger partial charge is 0.432 e. The summed E-state index contributed by atoms with van der Waals surface area (Å²) in [6, 6.07) is 2.35. The number of urea groups is 1. The number of hydrogen-bond donors (Lipinski definition) is 3. The van der Waals surface area contributed by atoms with Crippen LogP contribution in [0, 0.1) is 0 Å². The van der Waals surface area contributed by atoms with Crippen LogP contribution in [0.15, 0.2) is 18.2 Å². The monoisotopic (exact) mass is 404 g/mol. The summed E-state index contributed by atoms with van der Waals surface area (Å²) in [6.45, 7) is 0. The van der Waals surface area contributed by atoms with Crippen molar-refractivity contribution in [3.05, 3.63) is 23.8 Å². The summed E-state index contributed by atoms with van der Waals surface area (Å²) < 4.78 is 49.2. The molecule has 0 aliphatic heterocycles. The summed E-state index contributed by atoms with van der Waals surface area (Å²) in [5.41, 5.74) is -4.56. The number of hydrogen-bond acceptors (Lipinski definition) is 5. The second kappa shape index (κ2) is 8.68. The van der Waals surface area contributed by atoms with E-state index in [0.717, 1.165) is 57.4 Å². The van der Waals surface area contributed by atoms with Gasteiger partial charge >= 0.3 is 18.2 Å². The number of rotatable bonds is 5. The lowest BCUT2D eigenvalue weighted by Crippen LogP contribution is -2.49. The summed E-state index contributed by atoms with van der Waals surface area (Å²) in [4.78, 5) is 23.8. The first-order valence-electron chi connectivity index (χ1n) is 8.77. The number of halogens is 3. The van der Waals surface area contributed by atoms with Gasteiger partial charge in [0.15, 0.2) is 0 Å². The average molecular weight is 404 g/mol. The predicted octanol–water partition coefficient (Wildman–Crippen LogP) is 3.07. The zero-order valence-electron chi connectivity index (χ0n) is 15.6. The molecule has 0 spiro atoms.